The zero-order valence-corrected chi connectivity index (χ0v) is 9.94. The lowest BCUT2D eigenvalue weighted by Crippen LogP contribution is -2.08. The van der Waals surface area contributed by atoms with Crippen LogP contribution in [0.3, 0.4) is 0 Å². The molecule has 1 rings (SSSR count). The molecule has 0 saturated carbocycles. The molecule has 4 heteroatoms. The number of benzene rings is 1. The molecule has 0 spiro atoms. The average molecular weight is 248 g/mol. The van der Waals surface area contributed by atoms with Gasteiger partial charge < -0.3 is 0 Å². The van der Waals surface area contributed by atoms with E-state index in [0.29, 0.717) is 11.6 Å². The molecule has 0 aliphatic rings. The van der Waals surface area contributed by atoms with Gasteiger partial charge in [0.15, 0.2) is 0 Å². The van der Waals surface area contributed by atoms with Crippen LogP contribution in [0.15, 0.2) is 18.2 Å². The second-order valence-electron chi connectivity index (χ2n) is 4.13. The lowest BCUT2D eigenvalue weighted by Gasteiger charge is -2.16. The van der Waals surface area contributed by atoms with Gasteiger partial charge in [0.2, 0.25) is 0 Å². The van der Waals surface area contributed by atoms with Crippen molar-refractivity contribution in [2.75, 3.05) is 0 Å². The van der Waals surface area contributed by atoms with Crippen LogP contribution in [0.2, 0.25) is 0 Å². The van der Waals surface area contributed by atoms with E-state index in [0.717, 1.165) is 25.3 Å². The van der Waals surface area contributed by atoms with Gasteiger partial charge in [-0.05, 0) is 36.5 Å². The fourth-order valence-electron chi connectivity index (χ4n) is 1.96. The number of hydrogen-bond donors (Lipinski definition) is 0. The largest absolute Gasteiger partial charge is 0.416 e. The van der Waals surface area contributed by atoms with Crippen LogP contribution in [0.1, 0.15) is 50.2 Å². The Morgan fingerprint density at radius 3 is 2.24 bits per heavy atom. The average Bonchev–Trinajstić information content (AvgIpc) is 2.25. The molecule has 0 amide bonds. The SMILES string of the molecule is CCCC(CC)c1ccc(C(F)(F)F)cc1F. The molecule has 0 aromatic heterocycles. The highest BCUT2D eigenvalue weighted by Gasteiger charge is 2.31. The fraction of sp³-hybridized carbons (Fsp3) is 0.538. The van der Waals surface area contributed by atoms with Gasteiger partial charge in [-0.2, -0.15) is 13.2 Å². The van der Waals surface area contributed by atoms with Crippen LogP contribution in [0.5, 0.6) is 0 Å². The molecule has 1 aromatic carbocycles. The van der Waals surface area contributed by atoms with Crippen molar-refractivity contribution in [3.8, 4) is 0 Å². The van der Waals surface area contributed by atoms with Gasteiger partial charge in [-0.25, -0.2) is 4.39 Å². The van der Waals surface area contributed by atoms with Crippen LogP contribution in [0.25, 0.3) is 0 Å². The summed E-state index contributed by atoms with van der Waals surface area (Å²) in [4.78, 5) is 0. The number of hydrogen-bond acceptors (Lipinski definition) is 0. The van der Waals surface area contributed by atoms with Crippen LogP contribution < -0.4 is 0 Å². The maximum Gasteiger partial charge on any atom is 0.416 e. The maximum absolute atomic E-state index is 13.6. The zero-order valence-electron chi connectivity index (χ0n) is 9.94. The van der Waals surface area contributed by atoms with Crippen molar-refractivity contribution >= 4 is 0 Å². The third-order valence-corrected chi connectivity index (χ3v) is 2.90. The van der Waals surface area contributed by atoms with E-state index < -0.39 is 17.6 Å². The second kappa shape index (κ2) is 5.52. The Kier molecular flexibility index (Phi) is 4.54. The molecule has 96 valence electrons. The summed E-state index contributed by atoms with van der Waals surface area (Å²) in [6.07, 6.45) is -2.07. The molecule has 0 fully saturated rings. The third kappa shape index (κ3) is 3.45. The molecule has 1 unspecified atom stereocenters. The minimum atomic E-state index is -4.48. The summed E-state index contributed by atoms with van der Waals surface area (Å²) in [5, 5.41) is 0. The van der Waals surface area contributed by atoms with Crippen molar-refractivity contribution in [1.29, 1.82) is 0 Å². The lowest BCUT2D eigenvalue weighted by molar-refractivity contribution is -0.137. The normalized spacial score (nSPS) is 13.8. The summed E-state index contributed by atoms with van der Waals surface area (Å²) in [6.45, 7) is 3.89. The first kappa shape index (κ1) is 14.0. The first-order chi connectivity index (χ1) is 7.90. The van der Waals surface area contributed by atoms with E-state index in [-0.39, 0.29) is 5.92 Å². The Balaban J connectivity index is 3.04. The predicted octanol–water partition coefficient (Wildman–Crippen LogP) is 5.14. The topological polar surface area (TPSA) is 0 Å². The minimum Gasteiger partial charge on any atom is -0.207 e. The van der Waals surface area contributed by atoms with Crippen molar-refractivity contribution in [3.05, 3.63) is 35.1 Å². The molecule has 17 heavy (non-hydrogen) atoms. The standard InChI is InChI=1S/C13H16F4/c1-3-5-9(4-2)11-7-6-10(8-12(11)14)13(15,16)17/h6-9H,3-5H2,1-2H3. The Labute approximate surface area is 98.6 Å². The van der Waals surface area contributed by atoms with Gasteiger partial charge >= 0.3 is 6.18 Å². The molecule has 0 bridgehead atoms. The van der Waals surface area contributed by atoms with Gasteiger partial charge in [-0.3, -0.25) is 0 Å². The van der Waals surface area contributed by atoms with E-state index in [9.17, 15) is 17.6 Å². The molecule has 0 saturated heterocycles. The molecule has 0 aliphatic carbocycles. The Hall–Kier alpha value is -1.06. The molecule has 1 atom stereocenters. The number of halogens is 4. The molecule has 0 N–H and O–H groups in total. The summed E-state index contributed by atoms with van der Waals surface area (Å²) in [7, 11) is 0. The number of rotatable bonds is 4. The zero-order chi connectivity index (χ0) is 13.1. The van der Waals surface area contributed by atoms with Gasteiger partial charge in [0.05, 0.1) is 5.56 Å². The molecule has 1 aromatic rings. The van der Waals surface area contributed by atoms with Gasteiger partial charge in [-0.1, -0.05) is 26.3 Å². The fourth-order valence-corrected chi connectivity index (χ4v) is 1.96. The van der Waals surface area contributed by atoms with E-state index in [2.05, 4.69) is 0 Å². The first-order valence-corrected chi connectivity index (χ1v) is 5.76. The van der Waals surface area contributed by atoms with Gasteiger partial charge in [0.1, 0.15) is 5.82 Å². The molecule has 0 radical (unpaired) electrons. The van der Waals surface area contributed by atoms with Crippen molar-refractivity contribution in [3.63, 3.8) is 0 Å². The lowest BCUT2D eigenvalue weighted by atomic mass is 9.91. The first-order valence-electron chi connectivity index (χ1n) is 5.76. The Bertz CT molecular complexity index is 368. The maximum atomic E-state index is 13.6. The number of alkyl halides is 3. The van der Waals surface area contributed by atoms with Crippen LogP contribution in [0, 0.1) is 5.82 Å². The smallest absolute Gasteiger partial charge is 0.207 e. The molecule has 0 nitrogen and oxygen atoms in total. The van der Waals surface area contributed by atoms with Crippen LogP contribution >= 0.6 is 0 Å². The molecular weight excluding hydrogens is 232 g/mol. The predicted molar refractivity (Wildman–Crippen MR) is 59.3 cm³/mol. The summed E-state index contributed by atoms with van der Waals surface area (Å²) < 4.78 is 50.7. The van der Waals surface area contributed by atoms with E-state index in [1.807, 2.05) is 13.8 Å². The van der Waals surface area contributed by atoms with Gasteiger partial charge in [-0.15, -0.1) is 0 Å². The highest BCUT2D eigenvalue weighted by atomic mass is 19.4. The van der Waals surface area contributed by atoms with Crippen molar-refractivity contribution in [2.24, 2.45) is 0 Å². The van der Waals surface area contributed by atoms with E-state index >= 15 is 0 Å². The molecule has 0 heterocycles. The summed E-state index contributed by atoms with van der Waals surface area (Å²) >= 11 is 0. The second-order valence-corrected chi connectivity index (χ2v) is 4.13. The molecule has 0 aliphatic heterocycles. The quantitative estimate of drug-likeness (QED) is 0.647. The Morgan fingerprint density at radius 2 is 1.82 bits per heavy atom. The molecular formula is C13H16F4. The highest BCUT2D eigenvalue weighted by molar-refractivity contribution is 5.28. The van der Waals surface area contributed by atoms with E-state index in [1.165, 1.54) is 6.07 Å². The van der Waals surface area contributed by atoms with Crippen molar-refractivity contribution < 1.29 is 17.6 Å². The summed E-state index contributed by atoms with van der Waals surface area (Å²) in [5.74, 6) is -0.748. The van der Waals surface area contributed by atoms with Crippen molar-refractivity contribution in [1.82, 2.24) is 0 Å². The summed E-state index contributed by atoms with van der Waals surface area (Å²) in [5.41, 5.74) is -0.535. The highest BCUT2D eigenvalue weighted by Crippen LogP contribution is 2.33. The monoisotopic (exact) mass is 248 g/mol. The third-order valence-electron chi connectivity index (χ3n) is 2.90. The minimum absolute atomic E-state index is 0.00211. The van der Waals surface area contributed by atoms with Gasteiger partial charge in [0.25, 0.3) is 0 Å². The van der Waals surface area contributed by atoms with E-state index in [4.69, 9.17) is 0 Å². The van der Waals surface area contributed by atoms with Gasteiger partial charge in [0, 0.05) is 0 Å². The van der Waals surface area contributed by atoms with Crippen LogP contribution in [-0.2, 0) is 6.18 Å². The van der Waals surface area contributed by atoms with Crippen LogP contribution in [0.4, 0.5) is 17.6 Å². The van der Waals surface area contributed by atoms with Crippen molar-refractivity contribution in [2.45, 2.75) is 45.2 Å². The van der Waals surface area contributed by atoms with E-state index in [1.54, 1.807) is 0 Å². The Morgan fingerprint density at radius 1 is 1.18 bits per heavy atom. The van der Waals surface area contributed by atoms with Crippen LogP contribution in [-0.4, -0.2) is 0 Å². The summed E-state index contributed by atoms with van der Waals surface area (Å²) in [6, 6.07) is 2.81.